The second-order valence-corrected chi connectivity index (χ2v) is 4.34. The topological polar surface area (TPSA) is 52.3 Å². The highest BCUT2D eigenvalue weighted by Crippen LogP contribution is 2.28. The van der Waals surface area contributed by atoms with E-state index in [0.29, 0.717) is 24.7 Å². The van der Waals surface area contributed by atoms with E-state index < -0.39 is 11.9 Å². The van der Waals surface area contributed by atoms with Gasteiger partial charge in [-0.1, -0.05) is 31.9 Å². The van der Waals surface area contributed by atoms with Crippen molar-refractivity contribution in [2.24, 2.45) is 5.73 Å². The molecule has 1 atom stereocenters. The fraction of sp³-hybridized carbons (Fsp3) is 0.462. The summed E-state index contributed by atoms with van der Waals surface area (Å²) in [6.07, 6.45) is -2.27. The number of alkyl halides is 3. The van der Waals surface area contributed by atoms with Gasteiger partial charge in [0.25, 0.3) is 0 Å². The van der Waals surface area contributed by atoms with Gasteiger partial charge in [0.15, 0.2) is 0 Å². The summed E-state index contributed by atoms with van der Waals surface area (Å²) in [5.74, 6) is -0.377. The predicted molar refractivity (Wildman–Crippen MR) is 64.6 cm³/mol. The molecule has 6 heteroatoms. The average molecular weight is 275 g/mol. The molecule has 0 heterocycles. The molecule has 0 fully saturated rings. The Morgan fingerprint density at radius 3 is 2.58 bits per heavy atom. The van der Waals surface area contributed by atoms with Crippen LogP contribution in [-0.2, 0) is 10.3 Å². The van der Waals surface area contributed by atoms with E-state index in [0.717, 1.165) is 12.5 Å². The van der Waals surface area contributed by atoms with Crippen molar-refractivity contribution in [2.75, 3.05) is 0 Å². The molecule has 1 aromatic carbocycles. The third-order valence-electron chi connectivity index (χ3n) is 2.76. The lowest BCUT2D eigenvalue weighted by Gasteiger charge is -2.24. The summed E-state index contributed by atoms with van der Waals surface area (Å²) in [6, 6.07) is 5.22. The lowest BCUT2D eigenvalue weighted by molar-refractivity contribution is -0.274. The lowest BCUT2D eigenvalue weighted by Crippen LogP contribution is -2.38. The first kappa shape index (κ1) is 15.5. The molecule has 0 aliphatic heterocycles. The molecule has 1 aromatic rings. The van der Waals surface area contributed by atoms with Crippen molar-refractivity contribution in [1.82, 2.24) is 0 Å². The Bertz CT molecular complexity index is 434. The minimum absolute atomic E-state index is 0.317. The van der Waals surface area contributed by atoms with Crippen molar-refractivity contribution in [3.63, 3.8) is 0 Å². The van der Waals surface area contributed by atoms with E-state index in [1.807, 2.05) is 6.92 Å². The highest BCUT2D eigenvalue weighted by atomic mass is 19.4. The Morgan fingerprint density at radius 2 is 2.05 bits per heavy atom. The van der Waals surface area contributed by atoms with E-state index in [-0.39, 0.29) is 5.75 Å². The normalized spacial score (nSPS) is 14.8. The van der Waals surface area contributed by atoms with Crippen molar-refractivity contribution >= 4 is 6.29 Å². The van der Waals surface area contributed by atoms with Gasteiger partial charge in [-0.2, -0.15) is 0 Å². The Balaban J connectivity index is 2.99. The van der Waals surface area contributed by atoms with Gasteiger partial charge in [-0.05, 0) is 24.1 Å². The zero-order valence-corrected chi connectivity index (χ0v) is 10.5. The number of nitrogens with two attached hydrogens (primary N) is 1. The summed E-state index contributed by atoms with van der Waals surface area (Å²) < 4.78 is 40.2. The lowest BCUT2D eigenvalue weighted by atomic mass is 9.87. The van der Waals surface area contributed by atoms with Gasteiger partial charge in [0.05, 0.1) is 5.54 Å². The summed E-state index contributed by atoms with van der Waals surface area (Å²) in [6.45, 7) is 1.94. The fourth-order valence-electron chi connectivity index (χ4n) is 1.72. The average Bonchev–Trinajstić information content (AvgIpc) is 2.34. The molecule has 0 saturated heterocycles. The molecular formula is C13H16F3NO2. The van der Waals surface area contributed by atoms with Crippen molar-refractivity contribution in [2.45, 2.75) is 38.1 Å². The largest absolute Gasteiger partial charge is 0.573 e. The standard InChI is InChI=1S/C13H16F3NO2/c1-2-3-7-12(17,9-18)10-5-4-6-11(8-10)19-13(14,15)16/h4-6,8-9H,2-3,7,17H2,1H3. The Hall–Kier alpha value is -1.56. The van der Waals surface area contributed by atoms with E-state index in [9.17, 15) is 18.0 Å². The van der Waals surface area contributed by atoms with Crippen LogP contribution in [0.3, 0.4) is 0 Å². The molecule has 0 amide bonds. The predicted octanol–water partition coefficient (Wildman–Crippen LogP) is 3.13. The van der Waals surface area contributed by atoms with Crippen LogP contribution in [-0.4, -0.2) is 12.6 Å². The number of rotatable bonds is 6. The molecule has 2 N–H and O–H groups in total. The number of benzene rings is 1. The molecule has 106 valence electrons. The molecule has 0 aromatic heterocycles. The summed E-state index contributed by atoms with van der Waals surface area (Å²) >= 11 is 0. The number of carbonyl (C=O) groups is 1. The number of ether oxygens (including phenoxy) is 1. The Kier molecular flexibility index (Phi) is 4.94. The van der Waals surface area contributed by atoms with Crippen LogP contribution in [0.2, 0.25) is 0 Å². The smallest absolute Gasteiger partial charge is 0.406 e. The number of aldehydes is 1. The van der Waals surface area contributed by atoms with Gasteiger partial charge in [-0.15, -0.1) is 13.2 Å². The summed E-state index contributed by atoms with van der Waals surface area (Å²) in [4.78, 5) is 11.1. The maximum Gasteiger partial charge on any atom is 0.573 e. The van der Waals surface area contributed by atoms with Crippen LogP contribution < -0.4 is 10.5 Å². The molecular weight excluding hydrogens is 259 g/mol. The first-order valence-electron chi connectivity index (χ1n) is 5.92. The van der Waals surface area contributed by atoms with Gasteiger partial charge in [0.2, 0.25) is 0 Å². The fourth-order valence-corrected chi connectivity index (χ4v) is 1.72. The van der Waals surface area contributed by atoms with Gasteiger partial charge >= 0.3 is 6.36 Å². The number of hydrogen-bond donors (Lipinski definition) is 1. The highest BCUT2D eigenvalue weighted by Gasteiger charge is 2.32. The number of hydrogen-bond acceptors (Lipinski definition) is 3. The summed E-state index contributed by atoms with van der Waals surface area (Å²) in [7, 11) is 0. The molecule has 0 aliphatic rings. The second-order valence-electron chi connectivity index (χ2n) is 4.34. The second kappa shape index (κ2) is 6.06. The number of unbranched alkanes of at least 4 members (excludes halogenated alkanes) is 1. The first-order valence-corrected chi connectivity index (χ1v) is 5.92. The van der Waals surface area contributed by atoms with Gasteiger partial charge in [0, 0.05) is 0 Å². The highest BCUT2D eigenvalue weighted by molar-refractivity contribution is 5.67. The molecule has 0 radical (unpaired) electrons. The third-order valence-corrected chi connectivity index (χ3v) is 2.76. The molecule has 0 aliphatic carbocycles. The zero-order chi connectivity index (χ0) is 14.5. The van der Waals surface area contributed by atoms with Crippen LogP contribution >= 0.6 is 0 Å². The Morgan fingerprint density at radius 1 is 1.37 bits per heavy atom. The van der Waals surface area contributed by atoms with Crippen molar-refractivity contribution in [3.05, 3.63) is 29.8 Å². The maximum absolute atomic E-state index is 12.1. The number of carbonyl (C=O) groups excluding carboxylic acids is 1. The summed E-state index contributed by atoms with van der Waals surface area (Å²) in [5.41, 5.74) is 4.97. The number of halogens is 3. The van der Waals surface area contributed by atoms with Gasteiger partial charge in [0.1, 0.15) is 12.0 Å². The molecule has 0 saturated carbocycles. The van der Waals surface area contributed by atoms with Crippen molar-refractivity contribution in [1.29, 1.82) is 0 Å². The third kappa shape index (κ3) is 4.55. The van der Waals surface area contributed by atoms with Gasteiger partial charge in [-0.3, -0.25) is 0 Å². The van der Waals surface area contributed by atoms with Crippen molar-refractivity contribution < 1.29 is 22.7 Å². The van der Waals surface area contributed by atoms with E-state index in [4.69, 9.17) is 5.73 Å². The summed E-state index contributed by atoms with van der Waals surface area (Å²) in [5, 5.41) is 0. The molecule has 0 bridgehead atoms. The van der Waals surface area contributed by atoms with Crippen LogP contribution in [0, 0.1) is 0 Å². The molecule has 1 unspecified atom stereocenters. The molecule has 19 heavy (non-hydrogen) atoms. The van der Waals surface area contributed by atoms with Crippen LogP contribution in [0.5, 0.6) is 5.75 Å². The van der Waals surface area contributed by atoms with Crippen LogP contribution in [0.4, 0.5) is 13.2 Å². The molecule has 1 rings (SSSR count). The van der Waals surface area contributed by atoms with E-state index in [1.54, 1.807) is 0 Å². The van der Waals surface area contributed by atoms with Gasteiger partial charge < -0.3 is 15.3 Å². The van der Waals surface area contributed by atoms with Gasteiger partial charge in [-0.25, -0.2) is 0 Å². The monoisotopic (exact) mass is 275 g/mol. The molecule has 3 nitrogen and oxygen atoms in total. The van der Waals surface area contributed by atoms with Crippen LogP contribution in [0.1, 0.15) is 31.7 Å². The minimum Gasteiger partial charge on any atom is -0.406 e. The SMILES string of the molecule is CCCCC(N)(C=O)c1cccc(OC(F)(F)F)c1. The molecule has 0 spiro atoms. The minimum atomic E-state index is -4.76. The quantitative estimate of drug-likeness (QED) is 0.811. The van der Waals surface area contributed by atoms with E-state index >= 15 is 0 Å². The van der Waals surface area contributed by atoms with Crippen LogP contribution in [0.15, 0.2) is 24.3 Å². The van der Waals surface area contributed by atoms with E-state index in [2.05, 4.69) is 4.74 Å². The maximum atomic E-state index is 12.1. The first-order chi connectivity index (χ1) is 8.80. The Labute approximate surface area is 109 Å². The van der Waals surface area contributed by atoms with E-state index in [1.165, 1.54) is 18.2 Å². The van der Waals surface area contributed by atoms with Crippen molar-refractivity contribution in [3.8, 4) is 5.75 Å². The zero-order valence-electron chi connectivity index (χ0n) is 10.5. The van der Waals surface area contributed by atoms with Crippen LogP contribution in [0.25, 0.3) is 0 Å².